The Morgan fingerprint density at radius 1 is 0.652 bits per heavy atom. The van der Waals surface area contributed by atoms with Crippen LogP contribution in [0.3, 0.4) is 0 Å². The Morgan fingerprint density at radius 2 is 1.04 bits per heavy atom. The van der Waals surface area contributed by atoms with E-state index in [0.717, 1.165) is 49.3 Å². The molecular weight excluding hydrogens is 300 g/mol. The van der Waals surface area contributed by atoms with E-state index in [9.17, 15) is 0 Å². The minimum atomic E-state index is -2.32. The highest BCUT2D eigenvalue weighted by molar-refractivity contribution is 6.68. The van der Waals surface area contributed by atoms with E-state index in [4.69, 9.17) is 8.85 Å². The summed E-state index contributed by atoms with van der Waals surface area (Å²) in [6.45, 7) is 4.45. The highest BCUT2D eigenvalue weighted by atomic mass is 28.4. The van der Waals surface area contributed by atoms with Crippen LogP contribution in [0, 0.1) is 0 Å². The molecule has 2 nitrogen and oxygen atoms in total. The van der Waals surface area contributed by atoms with Crippen LogP contribution in [0.4, 0.5) is 0 Å². The molecule has 0 aromatic heterocycles. The molecule has 0 aliphatic rings. The van der Waals surface area contributed by atoms with Gasteiger partial charge in [0.15, 0.2) is 0 Å². The Hall–Kier alpha value is -1.74. The van der Waals surface area contributed by atoms with Crippen LogP contribution in [0.5, 0.6) is 11.5 Å². The van der Waals surface area contributed by atoms with Gasteiger partial charge in [0, 0.05) is 12.1 Å². The molecule has 0 radical (unpaired) electrons. The number of benzene rings is 2. The summed E-state index contributed by atoms with van der Waals surface area (Å²) in [5, 5.41) is 0. The third-order valence-electron chi connectivity index (χ3n) is 3.92. The van der Waals surface area contributed by atoms with Gasteiger partial charge in [-0.25, -0.2) is 0 Å². The number of hydrogen-bond acceptors (Lipinski definition) is 2. The molecule has 0 bridgehead atoms. The molecule has 0 aliphatic carbocycles. The number of rotatable bonds is 10. The maximum Gasteiger partial charge on any atom is 0.460 e. The standard InChI is InChI=1S/C20H28O2Si/c1-3-5-17-23(18-6-4-2,21-19-13-9-7-10-14-19)22-20-15-11-8-12-16-20/h7-16H,3-6,17-18H2,1-2H3. The smallest absolute Gasteiger partial charge is 0.460 e. The summed E-state index contributed by atoms with van der Waals surface area (Å²) < 4.78 is 13.1. The molecule has 0 atom stereocenters. The molecule has 124 valence electrons. The van der Waals surface area contributed by atoms with Gasteiger partial charge in [-0.1, -0.05) is 63.1 Å². The molecule has 0 aliphatic heterocycles. The zero-order valence-corrected chi connectivity index (χ0v) is 15.3. The van der Waals surface area contributed by atoms with Gasteiger partial charge in [-0.3, -0.25) is 0 Å². The average molecular weight is 329 g/mol. The summed E-state index contributed by atoms with van der Waals surface area (Å²) in [7, 11) is -2.32. The highest BCUT2D eigenvalue weighted by Gasteiger charge is 2.40. The average Bonchev–Trinajstić information content (AvgIpc) is 2.60. The Morgan fingerprint density at radius 3 is 1.39 bits per heavy atom. The molecule has 23 heavy (non-hydrogen) atoms. The SMILES string of the molecule is CCCC[Si](CCCC)(Oc1ccccc1)Oc1ccccc1. The van der Waals surface area contributed by atoms with E-state index in [0.29, 0.717) is 0 Å². The lowest BCUT2D eigenvalue weighted by Gasteiger charge is -2.32. The van der Waals surface area contributed by atoms with Gasteiger partial charge >= 0.3 is 8.56 Å². The van der Waals surface area contributed by atoms with Crippen LogP contribution < -0.4 is 8.85 Å². The van der Waals surface area contributed by atoms with Gasteiger partial charge in [0.2, 0.25) is 0 Å². The lowest BCUT2D eigenvalue weighted by atomic mass is 10.3. The Kier molecular flexibility index (Phi) is 7.20. The Labute approximate surface area is 141 Å². The van der Waals surface area contributed by atoms with Crippen LogP contribution in [0.2, 0.25) is 12.1 Å². The molecule has 0 N–H and O–H groups in total. The van der Waals surface area contributed by atoms with E-state index < -0.39 is 8.56 Å². The van der Waals surface area contributed by atoms with E-state index >= 15 is 0 Å². The van der Waals surface area contributed by atoms with Crippen LogP contribution in [0.1, 0.15) is 39.5 Å². The van der Waals surface area contributed by atoms with Gasteiger partial charge in [0.1, 0.15) is 11.5 Å². The van der Waals surface area contributed by atoms with E-state index in [1.54, 1.807) is 0 Å². The van der Waals surface area contributed by atoms with Crippen molar-refractivity contribution >= 4 is 8.56 Å². The Bertz CT molecular complexity index is 491. The molecule has 2 rings (SSSR count). The molecule has 0 spiro atoms. The summed E-state index contributed by atoms with van der Waals surface area (Å²) >= 11 is 0. The van der Waals surface area contributed by atoms with Gasteiger partial charge in [-0.2, -0.15) is 0 Å². The molecule has 0 unspecified atom stereocenters. The summed E-state index contributed by atoms with van der Waals surface area (Å²) in [5.74, 6) is 1.87. The quantitative estimate of drug-likeness (QED) is 0.484. The van der Waals surface area contributed by atoms with Crippen molar-refractivity contribution < 1.29 is 8.85 Å². The highest BCUT2D eigenvalue weighted by Crippen LogP contribution is 2.29. The summed E-state index contributed by atoms with van der Waals surface area (Å²) in [5.41, 5.74) is 0. The second-order valence-electron chi connectivity index (χ2n) is 5.95. The first-order valence-electron chi connectivity index (χ1n) is 8.76. The van der Waals surface area contributed by atoms with Crippen molar-refractivity contribution in [3.63, 3.8) is 0 Å². The topological polar surface area (TPSA) is 18.5 Å². The van der Waals surface area contributed by atoms with Gasteiger partial charge < -0.3 is 8.85 Å². The second kappa shape index (κ2) is 9.41. The van der Waals surface area contributed by atoms with Crippen molar-refractivity contribution in [3.8, 4) is 11.5 Å². The minimum Gasteiger partial charge on any atom is -0.512 e. The first-order valence-corrected chi connectivity index (χ1v) is 11.0. The fourth-order valence-corrected chi connectivity index (χ4v) is 6.26. The number of hydrogen-bond donors (Lipinski definition) is 0. The maximum atomic E-state index is 6.53. The second-order valence-corrected chi connectivity index (χ2v) is 9.18. The lowest BCUT2D eigenvalue weighted by Crippen LogP contribution is -2.48. The van der Waals surface area contributed by atoms with Gasteiger partial charge in [0.25, 0.3) is 0 Å². The zero-order valence-electron chi connectivity index (χ0n) is 14.3. The van der Waals surface area contributed by atoms with Crippen LogP contribution in [-0.4, -0.2) is 8.56 Å². The maximum absolute atomic E-state index is 6.53. The van der Waals surface area contributed by atoms with Crippen molar-refractivity contribution in [2.45, 2.75) is 51.6 Å². The molecule has 3 heteroatoms. The summed E-state index contributed by atoms with van der Waals surface area (Å²) in [4.78, 5) is 0. The van der Waals surface area contributed by atoms with E-state index in [1.807, 2.05) is 60.7 Å². The molecule has 0 heterocycles. The normalized spacial score (nSPS) is 11.2. The van der Waals surface area contributed by atoms with Crippen LogP contribution in [0.15, 0.2) is 60.7 Å². The summed E-state index contributed by atoms with van der Waals surface area (Å²) in [6, 6.07) is 22.4. The fourth-order valence-electron chi connectivity index (χ4n) is 2.65. The number of para-hydroxylation sites is 2. The first-order chi connectivity index (χ1) is 11.3. The minimum absolute atomic E-state index is 0.933. The molecule has 0 fully saturated rings. The van der Waals surface area contributed by atoms with Crippen LogP contribution in [-0.2, 0) is 0 Å². The Balaban J connectivity index is 2.24. The van der Waals surface area contributed by atoms with Crippen molar-refractivity contribution in [2.24, 2.45) is 0 Å². The van der Waals surface area contributed by atoms with Gasteiger partial charge in [-0.05, 0) is 37.1 Å². The third-order valence-corrected chi connectivity index (χ3v) is 7.36. The van der Waals surface area contributed by atoms with E-state index in [2.05, 4.69) is 13.8 Å². The molecular formula is C20H28O2Si. The van der Waals surface area contributed by atoms with Crippen molar-refractivity contribution in [3.05, 3.63) is 60.7 Å². The largest absolute Gasteiger partial charge is 0.512 e. The number of unbranched alkanes of at least 4 members (excludes halogenated alkanes) is 2. The lowest BCUT2D eigenvalue weighted by molar-refractivity contribution is 0.371. The molecule has 2 aromatic carbocycles. The predicted octanol–water partition coefficient (Wildman–Crippen LogP) is 6.19. The van der Waals surface area contributed by atoms with Gasteiger partial charge in [-0.15, -0.1) is 0 Å². The fraction of sp³-hybridized carbons (Fsp3) is 0.400. The molecule has 2 aromatic rings. The zero-order chi connectivity index (χ0) is 16.4. The first kappa shape index (κ1) is 17.6. The van der Waals surface area contributed by atoms with Crippen molar-refractivity contribution in [1.82, 2.24) is 0 Å². The molecule has 0 saturated carbocycles. The third kappa shape index (κ3) is 5.75. The van der Waals surface area contributed by atoms with Gasteiger partial charge in [0.05, 0.1) is 0 Å². The predicted molar refractivity (Wildman–Crippen MR) is 99.3 cm³/mol. The molecule has 0 saturated heterocycles. The van der Waals surface area contributed by atoms with Crippen molar-refractivity contribution in [2.75, 3.05) is 0 Å². The van der Waals surface area contributed by atoms with E-state index in [1.165, 1.54) is 0 Å². The van der Waals surface area contributed by atoms with Crippen LogP contribution in [0.25, 0.3) is 0 Å². The van der Waals surface area contributed by atoms with Crippen molar-refractivity contribution in [1.29, 1.82) is 0 Å². The van der Waals surface area contributed by atoms with E-state index in [-0.39, 0.29) is 0 Å². The molecule has 0 amide bonds. The monoisotopic (exact) mass is 328 g/mol. The van der Waals surface area contributed by atoms with Crippen LogP contribution >= 0.6 is 0 Å². The summed E-state index contributed by atoms with van der Waals surface area (Å²) in [6.07, 6.45) is 4.62.